The Morgan fingerprint density at radius 2 is 1.70 bits per heavy atom. The highest BCUT2D eigenvalue weighted by Gasteiger charge is 2.36. The molecule has 0 radical (unpaired) electrons. The molecule has 1 amide bonds. The SMILES string of the molecule is CC(CNC(=O)CN1c2cccc3cccc(c23)S1(=O)=O)c1ccccc1. The second-order valence-electron chi connectivity index (χ2n) is 6.76. The summed E-state index contributed by atoms with van der Waals surface area (Å²) >= 11 is 0. The molecule has 1 aliphatic heterocycles. The minimum absolute atomic E-state index is 0.144. The summed E-state index contributed by atoms with van der Waals surface area (Å²) in [6, 6.07) is 20.5. The Bertz CT molecular complexity index is 1110. The number of anilines is 1. The van der Waals surface area contributed by atoms with Gasteiger partial charge in [0.2, 0.25) is 5.91 Å². The predicted octanol–water partition coefficient (Wildman–Crippen LogP) is 3.27. The molecule has 1 aliphatic rings. The molecule has 0 spiro atoms. The van der Waals surface area contributed by atoms with E-state index in [1.54, 1.807) is 18.2 Å². The number of nitrogens with one attached hydrogen (secondary N) is 1. The molecule has 0 bridgehead atoms. The molecule has 3 aromatic carbocycles. The van der Waals surface area contributed by atoms with Gasteiger partial charge in [0.15, 0.2) is 0 Å². The van der Waals surface area contributed by atoms with Gasteiger partial charge in [0, 0.05) is 11.9 Å². The summed E-state index contributed by atoms with van der Waals surface area (Å²) in [5.41, 5.74) is 1.69. The molecule has 138 valence electrons. The zero-order valence-corrected chi connectivity index (χ0v) is 15.7. The van der Waals surface area contributed by atoms with Gasteiger partial charge in [0.1, 0.15) is 6.54 Å². The van der Waals surface area contributed by atoms with Gasteiger partial charge >= 0.3 is 0 Å². The van der Waals surface area contributed by atoms with Crippen molar-refractivity contribution in [1.82, 2.24) is 5.32 Å². The van der Waals surface area contributed by atoms with Crippen molar-refractivity contribution in [2.24, 2.45) is 0 Å². The first-order valence-electron chi connectivity index (χ1n) is 8.84. The third-order valence-corrected chi connectivity index (χ3v) is 6.74. The van der Waals surface area contributed by atoms with Gasteiger partial charge in [-0.2, -0.15) is 0 Å². The van der Waals surface area contributed by atoms with Crippen LogP contribution in [-0.4, -0.2) is 27.4 Å². The summed E-state index contributed by atoms with van der Waals surface area (Å²) in [6.07, 6.45) is 0. The van der Waals surface area contributed by atoms with Crippen LogP contribution in [0.15, 0.2) is 71.6 Å². The van der Waals surface area contributed by atoms with Crippen LogP contribution in [0.3, 0.4) is 0 Å². The fourth-order valence-corrected chi connectivity index (χ4v) is 5.15. The van der Waals surface area contributed by atoms with Crippen molar-refractivity contribution in [3.63, 3.8) is 0 Å². The lowest BCUT2D eigenvalue weighted by Gasteiger charge is -2.19. The third kappa shape index (κ3) is 3.06. The number of hydrogen-bond acceptors (Lipinski definition) is 3. The summed E-state index contributed by atoms with van der Waals surface area (Å²) < 4.78 is 27.0. The lowest BCUT2D eigenvalue weighted by molar-refractivity contribution is -0.119. The molecule has 0 fully saturated rings. The van der Waals surface area contributed by atoms with Crippen LogP contribution in [0.1, 0.15) is 18.4 Å². The minimum atomic E-state index is -3.71. The number of amides is 1. The Morgan fingerprint density at radius 3 is 2.44 bits per heavy atom. The lowest BCUT2D eigenvalue weighted by Crippen LogP contribution is -2.40. The second-order valence-corrected chi connectivity index (χ2v) is 8.59. The zero-order chi connectivity index (χ0) is 19.0. The number of benzene rings is 3. The van der Waals surface area contributed by atoms with E-state index in [2.05, 4.69) is 5.32 Å². The van der Waals surface area contributed by atoms with Crippen molar-refractivity contribution in [3.05, 3.63) is 72.3 Å². The maximum absolute atomic E-state index is 12.9. The van der Waals surface area contributed by atoms with Gasteiger partial charge < -0.3 is 5.32 Å². The Hall–Kier alpha value is -2.86. The van der Waals surface area contributed by atoms with Crippen LogP contribution in [0.5, 0.6) is 0 Å². The first-order chi connectivity index (χ1) is 13.0. The van der Waals surface area contributed by atoms with Crippen molar-refractivity contribution in [1.29, 1.82) is 0 Å². The van der Waals surface area contributed by atoms with Crippen LogP contribution in [0, 0.1) is 0 Å². The van der Waals surface area contributed by atoms with E-state index in [0.29, 0.717) is 17.6 Å². The van der Waals surface area contributed by atoms with E-state index in [1.807, 2.05) is 55.5 Å². The van der Waals surface area contributed by atoms with Gasteiger partial charge in [0.25, 0.3) is 10.0 Å². The van der Waals surface area contributed by atoms with Gasteiger partial charge in [-0.3, -0.25) is 9.10 Å². The lowest BCUT2D eigenvalue weighted by atomic mass is 10.0. The standard InChI is InChI=1S/C21H20N2O3S/c1-15(16-7-3-2-4-8-16)13-22-20(24)14-23-18-11-5-9-17-10-6-12-19(21(17)18)27(23,25)26/h2-12,15H,13-14H2,1H3,(H,22,24). The fraction of sp³-hybridized carbons (Fsp3) is 0.190. The van der Waals surface area contributed by atoms with Gasteiger partial charge in [-0.05, 0) is 29.0 Å². The molecule has 0 saturated carbocycles. The average Bonchev–Trinajstić information content (AvgIpc) is 2.90. The van der Waals surface area contributed by atoms with Crippen LogP contribution in [0.25, 0.3) is 10.8 Å². The van der Waals surface area contributed by atoms with E-state index in [1.165, 1.54) is 4.31 Å². The van der Waals surface area contributed by atoms with Crippen LogP contribution in [0.4, 0.5) is 5.69 Å². The topological polar surface area (TPSA) is 66.5 Å². The van der Waals surface area contributed by atoms with E-state index in [9.17, 15) is 13.2 Å². The number of sulfonamides is 1. The molecule has 1 atom stereocenters. The first kappa shape index (κ1) is 17.5. The van der Waals surface area contributed by atoms with Crippen LogP contribution in [-0.2, 0) is 14.8 Å². The Balaban J connectivity index is 1.52. The summed E-state index contributed by atoms with van der Waals surface area (Å²) in [4.78, 5) is 12.7. The normalized spacial score (nSPS) is 15.7. The van der Waals surface area contributed by atoms with Gasteiger partial charge in [-0.25, -0.2) is 8.42 Å². The monoisotopic (exact) mass is 380 g/mol. The van der Waals surface area contributed by atoms with Crippen LogP contribution in [0.2, 0.25) is 0 Å². The number of rotatable bonds is 5. The fourth-order valence-electron chi connectivity index (χ4n) is 3.48. The van der Waals surface area contributed by atoms with E-state index in [4.69, 9.17) is 0 Å². The molecule has 3 aromatic rings. The van der Waals surface area contributed by atoms with Crippen LogP contribution >= 0.6 is 0 Å². The third-order valence-electron chi connectivity index (χ3n) is 4.94. The molecule has 6 heteroatoms. The summed E-state index contributed by atoms with van der Waals surface area (Å²) in [5, 5.41) is 4.40. The summed E-state index contributed by atoms with van der Waals surface area (Å²) in [5.74, 6) is -0.169. The Labute approximate surface area is 158 Å². The second kappa shape index (κ2) is 6.70. The van der Waals surface area contributed by atoms with E-state index < -0.39 is 10.0 Å². The smallest absolute Gasteiger partial charge is 0.265 e. The van der Waals surface area contributed by atoms with Gasteiger partial charge in [-0.15, -0.1) is 0 Å². The van der Waals surface area contributed by atoms with E-state index in [-0.39, 0.29) is 23.3 Å². The molecule has 4 rings (SSSR count). The quantitative estimate of drug-likeness (QED) is 0.739. The van der Waals surface area contributed by atoms with Gasteiger partial charge in [0.05, 0.1) is 10.6 Å². The average molecular weight is 380 g/mol. The predicted molar refractivity (Wildman–Crippen MR) is 106 cm³/mol. The molecule has 1 N–H and O–H groups in total. The van der Waals surface area contributed by atoms with Crippen molar-refractivity contribution in [2.75, 3.05) is 17.4 Å². The highest BCUT2D eigenvalue weighted by molar-refractivity contribution is 7.93. The highest BCUT2D eigenvalue weighted by atomic mass is 32.2. The minimum Gasteiger partial charge on any atom is -0.354 e. The highest BCUT2D eigenvalue weighted by Crippen LogP contribution is 2.41. The van der Waals surface area contributed by atoms with Crippen LogP contribution < -0.4 is 9.62 Å². The molecule has 27 heavy (non-hydrogen) atoms. The van der Waals surface area contributed by atoms with Crippen molar-refractivity contribution in [3.8, 4) is 0 Å². The first-order valence-corrected chi connectivity index (χ1v) is 10.3. The summed E-state index contributed by atoms with van der Waals surface area (Å²) in [7, 11) is -3.71. The molecule has 0 aromatic heterocycles. The number of carbonyl (C=O) groups is 1. The summed E-state index contributed by atoms with van der Waals surface area (Å²) in [6.45, 7) is 2.25. The Kier molecular flexibility index (Phi) is 4.36. The maximum Gasteiger partial charge on any atom is 0.265 e. The zero-order valence-electron chi connectivity index (χ0n) is 14.9. The molecule has 5 nitrogen and oxygen atoms in total. The number of hydrogen-bond donors (Lipinski definition) is 1. The maximum atomic E-state index is 12.9. The molecule has 0 saturated heterocycles. The van der Waals surface area contributed by atoms with E-state index >= 15 is 0 Å². The largest absolute Gasteiger partial charge is 0.354 e. The van der Waals surface area contributed by atoms with Crippen molar-refractivity contribution < 1.29 is 13.2 Å². The van der Waals surface area contributed by atoms with Crippen molar-refractivity contribution >= 4 is 32.4 Å². The van der Waals surface area contributed by atoms with Gasteiger partial charge in [-0.1, -0.05) is 61.5 Å². The molecule has 0 aliphatic carbocycles. The van der Waals surface area contributed by atoms with E-state index in [0.717, 1.165) is 10.9 Å². The molecular weight excluding hydrogens is 360 g/mol. The van der Waals surface area contributed by atoms with Crippen molar-refractivity contribution in [2.45, 2.75) is 17.7 Å². The Morgan fingerprint density at radius 1 is 1.00 bits per heavy atom. The number of carbonyl (C=O) groups excluding carboxylic acids is 1. The molecular formula is C21H20N2O3S. The molecule has 1 heterocycles. The molecule has 1 unspecified atom stereocenters. The number of nitrogens with zero attached hydrogens (tertiary/aromatic N) is 1.